The number of nitrogens with zero attached hydrogens (tertiary/aromatic N) is 2. The van der Waals surface area contributed by atoms with Crippen LogP contribution in [0.25, 0.3) is 11.5 Å². The molecule has 1 atom stereocenters. The molecule has 7 nitrogen and oxygen atoms in total. The summed E-state index contributed by atoms with van der Waals surface area (Å²) >= 11 is 13.5. The zero-order chi connectivity index (χ0) is 22.2. The topological polar surface area (TPSA) is 94.3 Å². The van der Waals surface area contributed by atoms with E-state index in [4.69, 9.17) is 32.4 Å². The van der Waals surface area contributed by atoms with Crippen LogP contribution in [0.1, 0.15) is 22.7 Å². The Morgan fingerprint density at radius 1 is 1.13 bits per heavy atom. The predicted molar refractivity (Wildman–Crippen MR) is 120 cm³/mol. The fourth-order valence-corrected chi connectivity index (χ4v) is 3.44. The number of esters is 1. The number of aromatic nitrogens is 2. The molecule has 0 radical (unpaired) electrons. The van der Waals surface area contributed by atoms with Gasteiger partial charge in [0, 0.05) is 10.6 Å². The van der Waals surface area contributed by atoms with Crippen molar-refractivity contribution in [1.82, 2.24) is 15.5 Å². The average Bonchev–Trinajstić information content (AvgIpc) is 3.24. The number of carbonyl (C=O) groups excluding carboxylic acids is 2. The fourth-order valence-electron chi connectivity index (χ4n) is 2.62. The Morgan fingerprint density at radius 3 is 2.58 bits per heavy atom. The summed E-state index contributed by atoms with van der Waals surface area (Å²) < 4.78 is 10.8. The van der Waals surface area contributed by atoms with E-state index >= 15 is 0 Å². The van der Waals surface area contributed by atoms with Gasteiger partial charge in [0.1, 0.15) is 6.04 Å². The summed E-state index contributed by atoms with van der Waals surface area (Å²) in [5.74, 6) is 0.0364. The summed E-state index contributed by atoms with van der Waals surface area (Å²) in [4.78, 5) is 25.1. The summed E-state index contributed by atoms with van der Waals surface area (Å²) in [6.45, 7) is -0.211. The summed E-state index contributed by atoms with van der Waals surface area (Å²) in [5, 5.41) is 11.4. The van der Waals surface area contributed by atoms with Crippen molar-refractivity contribution in [2.24, 2.45) is 0 Å². The molecule has 0 aliphatic rings. The van der Waals surface area contributed by atoms with Crippen LogP contribution in [-0.4, -0.2) is 40.1 Å². The van der Waals surface area contributed by atoms with Crippen molar-refractivity contribution in [3.05, 3.63) is 70.0 Å². The monoisotopic (exact) mass is 479 g/mol. The molecule has 0 aliphatic heterocycles. The quantitative estimate of drug-likeness (QED) is 0.446. The summed E-state index contributed by atoms with van der Waals surface area (Å²) in [7, 11) is 0. The van der Waals surface area contributed by atoms with Gasteiger partial charge in [-0.1, -0.05) is 35.3 Å². The highest BCUT2D eigenvalue weighted by molar-refractivity contribution is 7.98. The fraction of sp³-hybridized carbons (Fsp3) is 0.238. The molecule has 0 saturated heterocycles. The second-order valence-electron chi connectivity index (χ2n) is 6.40. The largest absolute Gasteiger partial charge is 0.454 e. The van der Waals surface area contributed by atoms with Gasteiger partial charge in [0.15, 0.2) is 6.61 Å². The molecular formula is C21H19Cl2N3O4S. The lowest BCUT2D eigenvalue weighted by atomic mass is 10.1. The van der Waals surface area contributed by atoms with Gasteiger partial charge >= 0.3 is 5.97 Å². The third-order valence-corrected chi connectivity index (χ3v) is 5.44. The number of amides is 1. The molecule has 31 heavy (non-hydrogen) atoms. The van der Waals surface area contributed by atoms with E-state index in [1.54, 1.807) is 60.3 Å². The maximum absolute atomic E-state index is 12.6. The Bertz CT molecular complexity index is 1040. The highest BCUT2D eigenvalue weighted by atomic mass is 35.5. The van der Waals surface area contributed by atoms with Crippen LogP contribution in [0.5, 0.6) is 0 Å². The van der Waals surface area contributed by atoms with Crippen molar-refractivity contribution in [2.75, 3.05) is 12.0 Å². The van der Waals surface area contributed by atoms with Crippen molar-refractivity contribution in [3.8, 4) is 11.5 Å². The van der Waals surface area contributed by atoms with Gasteiger partial charge in [-0.3, -0.25) is 4.79 Å². The molecule has 1 unspecified atom stereocenters. The van der Waals surface area contributed by atoms with E-state index in [1.807, 2.05) is 6.26 Å². The molecule has 10 heteroatoms. The van der Waals surface area contributed by atoms with Gasteiger partial charge in [-0.05, 0) is 54.8 Å². The predicted octanol–water partition coefficient (Wildman–Crippen LogP) is 4.64. The van der Waals surface area contributed by atoms with Gasteiger partial charge in [-0.2, -0.15) is 11.8 Å². The van der Waals surface area contributed by atoms with Crippen LogP contribution in [-0.2, 0) is 16.1 Å². The summed E-state index contributed by atoms with van der Waals surface area (Å²) in [6, 6.07) is 12.7. The van der Waals surface area contributed by atoms with Crippen LogP contribution in [0, 0.1) is 0 Å². The van der Waals surface area contributed by atoms with Gasteiger partial charge in [0.05, 0.1) is 10.6 Å². The number of benzene rings is 2. The lowest BCUT2D eigenvalue weighted by molar-refractivity contribution is -0.148. The molecule has 0 saturated carbocycles. The molecule has 3 aromatic rings. The Hall–Kier alpha value is -2.55. The van der Waals surface area contributed by atoms with Crippen molar-refractivity contribution >= 4 is 46.8 Å². The molecule has 3 rings (SSSR count). The second kappa shape index (κ2) is 11.2. The Morgan fingerprint density at radius 2 is 1.87 bits per heavy atom. The normalized spacial score (nSPS) is 11.7. The number of hydrogen-bond donors (Lipinski definition) is 1. The number of rotatable bonds is 9. The SMILES string of the molecule is CSCCC(NC(=O)c1ccccc1Cl)C(=O)OCc1nnc(-c2ccc(Cl)cc2)o1. The average molecular weight is 480 g/mol. The lowest BCUT2D eigenvalue weighted by Crippen LogP contribution is -2.42. The zero-order valence-corrected chi connectivity index (χ0v) is 18.8. The minimum Gasteiger partial charge on any atom is -0.454 e. The van der Waals surface area contributed by atoms with E-state index in [2.05, 4.69) is 15.5 Å². The first-order valence-corrected chi connectivity index (χ1v) is 11.4. The number of nitrogens with one attached hydrogen (secondary N) is 1. The van der Waals surface area contributed by atoms with Gasteiger partial charge in [-0.25, -0.2) is 4.79 Å². The molecule has 162 valence electrons. The third kappa shape index (κ3) is 6.46. The Balaban J connectivity index is 1.62. The molecular weight excluding hydrogens is 461 g/mol. The number of carbonyl (C=O) groups is 2. The van der Waals surface area contributed by atoms with Gasteiger partial charge in [0.25, 0.3) is 11.8 Å². The molecule has 1 heterocycles. The highest BCUT2D eigenvalue weighted by Crippen LogP contribution is 2.20. The van der Waals surface area contributed by atoms with Crippen molar-refractivity contribution in [3.63, 3.8) is 0 Å². The van der Waals surface area contributed by atoms with E-state index in [0.29, 0.717) is 27.8 Å². The molecule has 0 fully saturated rings. The van der Waals surface area contributed by atoms with Crippen LogP contribution in [0.3, 0.4) is 0 Å². The first-order valence-electron chi connectivity index (χ1n) is 9.27. The van der Waals surface area contributed by atoms with Crippen molar-refractivity contribution < 1.29 is 18.7 Å². The van der Waals surface area contributed by atoms with Crippen LogP contribution >= 0.6 is 35.0 Å². The van der Waals surface area contributed by atoms with E-state index in [9.17, 15) is 9.59 Å². The number of hydrogen-bond acceptors (Lipinski definition) is 7. The maximum Gasteiger partial charge on any atom is 0.329 e. The Labute approximate surface area is 193 Å². The number of halogens is 2. The molecule has 0 spiro atoms. The molecule has 1 aromatic heterocycles. The molecule has 1 N–H and O–H groups in total. The van der Waals surface area contributed by atoms with Gasteiger partial charge in [-0.15, -0.1) is 10.2 Å². The van der Waals surface area contributed by atoms with Crippen LogP contribution in [0.15, 0.2) is 52.9 Å². The lowest BCUT2D eigenvalue weighted by Gasteiger charge is -2.17. The molecule has 0 aliphatic carbocycles. The highest BCUT2D eigenvalue weighted by Gasteiger charge is 2.24. The van der Waals surface area contributed by atoms with Gasteiger partial charge in [0.2, 0.25) is 5.89 Å². The Kier molecular flexibility index (Phi) is 8.34. The minimum atomic E-state index is -0.838. The molecule has 1 amide bonds. The van der Waals surface area contributed by atoms with Crippen molar-refractivity contribution in [2.45, 2.75) is 19.1 Å². The van der Waals surface area contributed by atoms with Crippen LogP contribution in [0.2, 0.25) is 10.0 Å². The van der Waals surface area contributed by atoms with Crippen LogP contribution in [0.4, 0.5) is 0 Å². The second-order valence-corrected chi connectivity index (χ2v) is 8.23. The van der Waals surface area contributed by atoms with Crippen molar-refractivity contribution in [1.29, 1.82) is 0 Å². The summed E-state index contributed by atoms with van der Waals surface area (Å²) in [5.41, 5.74) is 0.981. The van der Waals surface area contributed by atoms with E-state index < -0.39 is 17.9 Å². The smallest absolute Gasteiger partial charge is 0.329 e. The minimum absolute atomic E-state index is 0.138. The first kappa shape index (κ1) is 23.1. The summed E-state index contributed by atoms with van der Waals surface area (Å²) in [6.07, 6.45) is 2.31. The maximum atomic E-state index is 12.6. The number of ether oxygens (including phenoxy) is 1. The van der Waals surface area contributed by atoms with E-state index in [-0.39, 0.29) is 24.0 Å². The number of thioether (sulfide) groups is 1. The van der Waals surface area contributed by atoms with Crippen LogP contribution < -0.4 is 5.32 Å². The van der Waals surface area contributed by atoms with Gasteiger partial charge < -0.3 is 14.5 Å². The molecule has 0 bridgehead atoms. The zero-order valence-electron chi connectivity index (χ0n) is 16.5. The van der Waals surface area contributed by atoms with E-state index in [0.717, 1.165) is 0 Å². The molecule has 2 aromatic carbocycles. The third-order valence-electron chi connectivity index (χ3n) is 4.21. The van der Waals surface area contributed by atoms with E-state index in [1.165, 1.54) is 0 Å². The standard InChI is InChI=1S/C21H19Cl2N3O4S/c1-31-11-10-17(24-19(27)15-4-2-3-5-16(15)23)21(28)29-12-18-25-26-20(30-18)13-6-8-14(22)9-7-13/h2-9,17H,10-12H2,1H3,(H,24,27). The first-order chi connectivity index (χ1) is 15.0.